The SMILES string of the molecule is COCc1nc(Cc2csc(C)n2)sc1CNC(C)C. The second-order valence-corrected chi connectivity index (χ2v) is 7.21. The van der Waals surface area contributed by atoms with E-state index >= 15 is 0 Å². The fourth-order valence-corrected chi connectivity index (χ4v) is 3.49. The van der Waals surface area contributed by atoms with E-state index in [0.717, 1.165) is 34.4 Å². The topological polar surface area (TPSA) is 47.0 Å². The van der Waals surface area contributed by atoms with E-state index in [-0.39, 0.29) is 0 Å². The van der Waals surface area contributed by atoms with Gasteiger partial charge in [0, 0.05) is 36.4 Å². The maximum absolute atomic E-state index is 5.25. The van der Waals surface area contributed by atoms with Crippen molar-refractivity contribution in [1.29, 1.82) is 0 Å². The minimum atomic E-state index is 0.470. The summed E-state index contributed by atoms with van der Waals surface area (Å²) >= 11 is 3.44. The lowest BCUT2D eigenvalue weighted by Gasteiger charge is -2.07. The molecule has 2 aromatic rings. The van der Waals surface area contributed by atoms with E-state index in [9.17, 15) is 0 Å². The summed E-state index contributed by atoms with van der Waals surface area (Å²) in [6.07, 6.45) is 0.813. The summed E-state index contributed by atoms with van der Waals surface area (Å²) in [5.74, 6) is 0. The summed E-state index contributed by atoms with van der Waals surface area (Å²) in [6.45, 7) is 7.75. The molecule has 0 spiro atoms. The molecular formula is C14H21N3OS2. The van der Waals surface area contributed by atoms with E-state index < -0.39 is 0 Å². The maximum Gasteiger partial charge on any atom is 0.0992 e. The Kier molecular flexibility index (Phi) is 5.65. The van der Waals surface area contributed by atoms with E-state index in [1.807, 2.05) is 6.92 Å². The monoisotopic (exact) mass is 311 g/mol. The highest BCUT2D eigenvalue weighted by molar-refractivity contribution is 7.11. The average Bonchev–Trinajstić information content (AvgIpc) is 2.95. The minimum absolute atomic E-state index is 0.470. The van der Waals surface area contributed by atoms with Crippen molar-refractivity contribution in [3.63, 3.8) is 0 Å². The standard InChI is InChI=1S/C14H21N3OS2/c1-9(2)15-6-13-12(7-18-4)17-14(20-13)5-11-8-19-10(3)16-11/h8-9,15H,5-7H2,1-4H3. The van der Waals surface area contributed by atoms with Crippen molar-refractivity contribution in [1.82, 2.24) is 15.3 Å². The lowest BCUT2D eigenvalue weighted by Crippen LogP contribution is -2.21. The van der Waals surface area contributed by atoms with Crippen molar-refractivity contribution in [3.8, 4) is 0 Å². The molecular weight excluding hydrogens is 290 g/mol. The fourth-order valence-electron chi connectivity index (χ4n) is 1.84. The number of aryl methyl sites for hydroxylation is 1. The quantitative estimate of drug-likeness (QED) is 0.853. The predicted molar refractivity (Wildman–Crippen MR) is 84.5 cm³/mol. The highest BCUT2D eigenvalue weighted by Crippen LogP contribution is 2.22. The van der Waals surface area contributed by atoms with Gasteiger partial charge < -0.3 is 10.1 Å². The van der Waals surface area contributed by atoms with Gasteiger partial charge in [0.1, 0.15) is 0 Å². The Hall–Kier alpha value is -0.820. The Morgan fingerprint density at radius 3 is 2.75 bits per heavy atom. The Morgan fingerprint density at radius 1 is 1.35 bits per heavy atom. The molecule has 20 heavy (non-hydrogen) atoms. The van der Waals surface area contributed by atoms with Gasteiger partial charge in [0.25, 0.3) is 0 Å². The fraction of sp³-hybridized carbons (Fsp3) is 0.571. The Morgan fingerprint density at radius 2 is 2.15 bits per heavy atom. The van der Waals surface area contributed by atoms with Crippen LogP contribution in [0.25, 0.3) is 0 Å². The van der Waals surface area contributed by atoms with Crippen LogP contribution in [-0.2, 0) is 24.3 Å². The van der Waals surface area contributed by atoms with E-state index in [2.05, 4.69) is 29.5 Å². The first kappa shape index (κ1) is 15.6. The molecule has 1 N–H and O–H groups in total. The van der Waals surface area contributed by atoms with Crippen molar-refractivity contribution in [2.24, 2.45) is 0 Å². The number of ether oxygens (including phenoxy) is 1. The number of thiazole rings is 2. The molecule has 4 nitrogen and oxygen atoms in total. The van der Waals surface area contributed by atoms with Crippen LogP contribution < -0.4 is 5.32 Å². The van der Waals surface area contributed by atoms with Gasteiger partial charge in [-0.2, -0.15) is 0 Å². The van der Waals surface area contributed by atoms with Gasteiger partial charge in [-0.25, -0.2) is 9.97 Å². The molecule has 0 bridgehead atoms. The van der Waals surface area contributed by atoms with E-state index in [4.69, 9.17) is 9.72 Å². The first-order valence-electron chi connectivity index (χ1n) is 6.69. The third kappa shape index (κ3) is 4.34. The Balaban J connectivity index is 2.11. The lowest BCUT2D eigenvalue weighted by molar-refractivity contribution is 0.181. The van der Waals surface area contributed by atoms with Crippen molar-refractivity contribution < 1.29 is 4.74 Å². The molecule has 0 amide bonds. The zero-order chi connectivity index (χ0) is 14.5. The van der Waals surface area contributed by atoms with Gasteiger partial charge in [0.2, 0.25) is 0 Å². The summed E-state index contributed by atoms with van der Waals surface area (Å²) < 4.78 is 5.25. The molecule has 2 rings (SSSR count). The van der Waals surface area contributed by atoms with E-state index in [1.54, 1.807) is 29.8 Å². The van der Waals surface area contributed by atoms with Gasteiger partial charge >= 0.3 is 0 Å². The van der Waals surface area contributed by atoms with Crippen LogP contribution in [0.5, 0.6) is 0 Å². The summed E-state index contributed by atoms with van der Waals surface area (Å²) in [7, 11) is 1.71. The number of rotatable bonds is 7. The summed E-state index contributed by atoms with van der Waals surface area (Å²) in [4.78, 5) is 10.5. The van der Waals surface area contributed by atoms with Crippen molar-refractivity contribution in [3.05, 3.63) is 31.7 Å². The Labute approximate surface area is 128 Å². The number of aromatic nitrogens is 2. The lowest BCUT2D eigenvalue weighted by atomic mass is 10.3. The van der Waals surface area contributed by atoms with E-state index in [1.165, 1.54) is 4.88 Å². The van der Waals surface area contributed by atoms with Gasteiger partial charge in [0.05, 0.1) is 28.0 Å². The maximum atomic E-state index is 5.25. The first-order valence-corrected chi connectivity index (χ1v) is 8.39. The molecule has 0 unspecified atom stereocenters. The number of methoxy groups -OCH3 is 1. The summed E-state index contributed by atoms with van der Waals surface area (Å²) in [6, 6.07) is 0.470. The number of nitrogens with zero attached hydrogens (tertiary/aromatic N) is 2. The molecule has 0 aromatic carbocycles. The van der Waals surface area contributed by atoms with Crippen molar-refractivity contribution in [2.75, 3.05) is 7.11 Å². The van der Waals surface area contributed by atoms with Gasteiger partial charge in [-0.1, -0.05) is 13.8 Å². The van der Waals surface area contributed by atoms with Crippen LogP contribution in [0.4, 0.5) is 0 Å². The molecule has 6 heteroatoms. The van der Waals surface area contributed by atoms with Crippen LogP contribution in [0.3, 0.4) is 0 Å². The predicted octanol–water partition coefficient (Wildman–Crippen LogP) is 3.14. The van der Waals surface area contributed by atoms with Crippen LogP contribution in [0, 0.1) is 6.92 Å². The highest BCUT2D eigenvalue weighted by Gasteiger charge is 2.12. The smallest absolute Gasteiger partial charge is 0.0992 e. The largest absolute Gasteiger partial charge is 0.378 e. The zero-order valence-electron chi connectivity index (χ0n) is 12.4. The molecule has 0 aliphatic rings. The van der Waals surface area contributed by atoms with Gasteiger partial charge in [0.15, 0.2) is 0 Å². The number of hydrogen-bond acceptors (Lipinski definition) is 6. The molecule has 0 radical (unpaired) electrons. The molecule has 110 valence electrons. The average molecular weight is 311 g/mol. The Bertz CT molecular complexity index is 548. The van der Waals surface area contributed by atoms with Crippen LogP contribution in [0.1, 0.15) is 40.1 Å². The molecule has 2 heterocycles. The minimum Gasteiger partial charge on any atom is -0.378 e. The van der Waals surface area contributed by atoms with E-state index in [0.29, 0.717) is 12.6 Å². The molecule has 0 aliphatic carbocycles. The molecule has 0 fully saturated rings. The highest BCUT2D eigenvalue weighted by atomic mass is 32.1. The van der Waals surface area contributed by atoms with Crippen LogP contribution in [-0.4, -0.2) is 23.1 Å². The van der Waals surface area contributed by atoms with Gasteiger partial charge in [-0.05, 0) is 6.92 Å². The van der Waals surface area contributed by atoms with Crippen LogP contribution >= 0.6 is 22.7 Å². The molecule has 0 saturated heterocycles. The number of nitrogens with one attached hydrogen (secondary N) is 1. The molecule has 2 aromatic heterocycles. The second kappa shape index (κ2) is 7.26. The zero-order valence-corrected chi connectivity index (χ0v) is 14.0. The molecule has 0 aliphatic heterocycles. The third-order valence-electron chi connectivity index (χ3n) is 2.77. The van der Waals surface area contributed by atoms with Gasteiger partial charge in [-0.15, -0.1) is 22.7 Å². The third-order valence-corrected chi connectivity index (χ3v) is 4.69. The van der Waals surface area contributed by atoms with Crippen LogP contribution in [0.2, 0.25) is 0 Å². The molecule has 0 atom stereocenters. The van der Waals surface area contributed by atoms with Crippen molar-refractivity contribution >= 4 is 22.7 Å². The first-order chi connectivity index (χ1) is 9.58. The number of hydrogen-bond donors (Lipinski definition) is 1. The summed E-state index contributed by atoms with van der Waals surface area (Å²) in [5.41, 5.74) is 2.15. The summed E-state index contributed by atoms with van der Waals surface area (Å²) in [5, 5.41) is 7.77. The normalized spacial score (nSPS) is 11.4. The molecule has 0 saturated carbocycles. The van der Waals surface area contributed by atoms with Gasteiger partial charge in [-0.3, -0.25) is 0 Å². The van der Waals surface area contributed by atoms with Crippen LogP contribution in [0.15, 0.2) is 5.38 Å². The van der Waals surface area contributed by atoms with Crippen molar-refractivity contribution in [2.45, 2.75) is 46.4 Å². The second-order valence-electron chi connectivity index (χ2n) is 4.98.